The van der Waals surface area contributed by atoms with E-state index in [9.17, 15) is 9.90 Å². The van der Waals surface area contributed by atoms with Crippen molar-refractivity contribution in [1.82, 2.24) is 5.39 Å². The van der Waals surface area contributed by atoms with Crippen LogP contribution >= 0.6 is 0 Å². The van der Waals surface area contributed by atoms with Gasteiger partial charge in [0.25, 0.3) is 0 Å². The zero-order valence-electron chi connectivity index (χ0n) is 12.9. The van der Waals surface area contributed by atoms with Gasteiger partial charge in [-0.1, -0.05) is 24.3 Å². The second-order valence-electron chi connectivity index (χ2n) is 4.81. The lowest BCUT2D eigenvalue weighted by Gasteiger charge is -2.09. The van der Waals surface area contributed by atoms with Gasteiger partial charge in [0.15, 0.2) is 11.5 Å². The number of rotatable bonds is 7. The summed E-state index contributed by atoms with van der Waals surface area (Å²) in [5.74, 6) is -0.448. The topological polar surface area (TPSA) is 109 Å². The molecule has 3 N–H and O–H groups in total. The first-order valence-corrected chi connectivity index (χ1v) is 6.92. The lowest BCUT2D eigenvalue weighted by Crippen LogP contribution is -2.14. The molecule has 8 heteroatoms. The maximum absolute atomic E-state index is 12.0. The number of carbonyl (C=O) groups is 1. The monoisotopic (exact) mass is 335 g/mol. The van der Waals surface area contributed by atoms with Crippen LogP contribution < -0.4 is 4.74 Å². The zero-order chi connectivity index (χ0) is 17.5. The molecular formula is C16H17NO7. The molecule has 0 atom stereocenters. The van der Waals surface area contributed by atoms with Gasteiger partial charge in [0, 0.05) is 0 Å². The van der Waals surface area contributed by atoms with Crippen LogP contribution in [0.5, 0.6) is 11.5 Å². The largest absolute Gasteiger partial charge is 0.504 e. The second-order valence-corrected chi connectivity index (χ2v) is 4.81. The lowest BCUT2D eigenvalue weighted by molar-refractivity contribution is -0.497. The molecule has 0 aliphatic heterocycles. The maximum Gasteiger partial charge on any atom is 0.338 e. The number of nitrogens with zero attached hydrogens (tertiary/aromatic N) is 1. The summed E-state index contributed by atoms with van der Waals surface area (Å²) >= 11 is 0. The van der Waals surface area contributed by atoms with Crippen LogP contribution in [0.15, 0.2) is 42.5 Å². The van der Waals surface area contributed by atoms with Gasteiger partial charge in [-0.05, 0) is 29.3 Å². The number of hydrogen-bond acceptors (Lipinski definition) is 8. The second kappa shape index (κ2) is 8.27. The first kappa shape index (κ1) is 17.7. The van der Waals surface area contributed by atoms with Crippen LogP contribution in [0, 0.1) is 0 Å². The normalized spacial score (nSPS) is 10.7. The number of methoxy groups -OCH3 is 1. The Labute approximate surface area is 137 Å². The summed E-state index contributed by atoms with van der Waals surface area (Å²) in [6.45, 7) is -0.0260. The van der Waals surface area contributed by atoms with E-state index in [2.05, 4.69) is 4.84 Å². The molecule has 2 aromatic carbocycles. The number of phenolic OH excluding ortho intramolecular Hbond substituents is 1. The molecule has 0 aliphatic carbocycles. The molecule has 0 saturated heterocycles. The Balaban J connectivity index is 1.97. The van der Waals surface area contributed by atoms with Crippen LogP contribution in [0.3, 0.4) is 0 Å². The summed E-state index contributed by atoms with van der Waals surface area (Å²) in [4.78, 5) is 16.6. The molecule has 0 fully saturated rings. The van der Waals surface area contributed by atoms with Crippen LogP contribution in [0.4, 0.5) is 0 Å². The van der Waals surface area contributed by atoms with E-state index in [1.807, 2.05) is 0 Å². The van der Waals surface area contributed by atoms with Gasteiger partial charge in [-0.2, -0.15) is 0 Å². The molecule has 0 bridgehead atoms. The van der Waals surface area contributed by atoms with Gasteiger partial charge >= 0.3 is 5.97 Å². The molecule has 8 nitrogen and oxygen atoms in total. The lowest BCUT2D eigenvalue weighted by atomic mass is 10.1. The minimum Gasteiger partial charge on any atom is -0.504 e. The number of hydrogen-bond donors (Lipinski definition) is 3. The molecule has 0 radical (unpaired) electrons. The predicted molar refractivity (Wildman–Crippen MR) is 80.4 cm³/mol. The molecule has 0 aliphatic rings. The van der Waals surface area contributed by atoms with E-state index in [1.165, 1.54) is 25.3 Å². The van der Waals surface area contributed by atoms with Crippen molar-refractivity contribution >= 4 is 5.97 Å². The van der Waals surface area contributed by atoms with Crippen molar-refractivity contribution < 1.29 is 34.6 Å². The van der Waals surface area contributed by atoms with Crippen molar-refractivity contribution in [1.29, 1.82) is 0 Å². The van der Waals surface area contributed by atoms with Crippen molar-refractivity contribution in [3.8, 4) is 11.5 Å². The summed E-state index contributed by atoms with van der Waals surface area (Å²) in [6, 6.07) is 11.1. The molecule has 24 heavy (non-hydrogen) atoms. The highest BCUT2D eigenvalue weighted by atomic mass is 17.1. The van der Waals surface area contributed by atoms with Crippen molar-refractivity contribution in [3.63, 3.8) is 0 Å². The van der Waals surface area contributed by atoms with E-state index in [4.69, 9.17) is 19.9 Å². The molecule has 2 aromatic rings. The predicted octanol–water partition coefficient (Wildman–Crippen LogP) is 2.27. The van der Waals surface area contributed by atoms with Gasteiger partial charge in [-0.3, -0.25) is 10.4 Å². The number of carbonyl (C=O) groups excluding carboxylic acids is 1. The summed E-state index contributed by atoms with van der Waals surface area (Å²) in [5.41, 5.74) is 1.63. The first-order chi connectivity index (χ1) is 11.5. The molecule has 0 spiro atoms. The van der Waals surface area contributed by atoms with Crippen LogP contribution in [0.25, 0.3) is 0 Å². The summed E-state index contributed by atoms with van der Waals surface area (Å²) in [6.07, 6.45) is 0. The third kappa shape index (κ3) is 4.93. The van der Waals surface area contributed by atoms with E-state index in [0.717, 1.165) is 0 Å². The Morgan fingerprint density at radius 2 is 1.79 bits per heavy atom. The Morgan fingerprint density at radius 1 is 1.08 bits per heavy atom. The SMILES string of the molecule is COc1cc(C(=O)OCc2cccc(CON(O)O)c2)ccc1O. The van der Waals surface area contributed by atoms with E-state index < -0.39 is 5.97 Å². The Bertz CT molecular complexity index is 703. The fourth-order valence-electron chi connectivity index (χ4n) is 1.98. The number of aromatic hydroxyl groups is 1. The Hall–Kier alpha value is -2.65. The molecule has 0 heterocycles. The standard InChI is InChI=1S/C16H17NO7/c1-22-15-8-13(5-6-14(15)18)16(19)23-9-11-3-2-4-12(7-11)10-24-17(20)21/h2-8,18,20-21H,9-10H2,1H3. The van der Waals surface area contributed by atoms with E-state index >= 15 is 0 Å². The highest BCUT2D eigenvalue weighted by Crippen LogP contribution is 2.26. The molecule has 0 saturated carbocycles. The minimum atomic E-state index is -0.563. The highest BCUT2D eigenvalue weighted by Gasteiger charge is 2.11. The third-order valence-corrected chi connectivity index (χ3v) is 3.12. The van der Waals surface area contributed by atoms with Gasteiger partial charge in [0.1, 0.15) is 6.61 Å². The summed E-state index contributed by atoms with van der Waals surface area (Å²) < 4.78 is 10.2. The van der Waals surface area contributed by atoms with Crippen LogP contribution in [-0.2, 0) is 22.8 Å². The summed E-state index contributed by atoms with van der Waals surface area (Å²) in [5, 5.41) is 26.2. The van der Waals surface area contributed by atoms with Gasteiger partial charge < -0.3 is 14.6 Å². The average molecular weight is 335 g/mol. The molecule has 2 rings (SSSR count). The Kier molecular flexibility index (Phi) is 6.10. The minimum absolute atomic E-state index is 0.0256. The van der Waals surface area contributed by atoms with Crippen LogP contribution in [0.1, 0.15) is 21.5 Å². The molecule has 0 unspecified atom stereocenters. The fraction of sp³-hybridized carbons (Fsp3) is 0.188. The van der Waals surface area contributed by atoms with Gasteiger partial charge in [0.2, 0.25) is 0 Å². The van der Waals surface area contributed by atoms with Crippen molar-refractivity contribution in [2.45, 2.75) is 13.2 Å². The van der Waals surface area contributed by atoms with E-state index in [1.54, 1.807) is 24.3 Å². The highest BCUT2D eigenvalue weighted by molar-refractivity contribution is 5.90. The first-order valence-electron chi connectivity index (χ1n) is 6.92. The third-order valence-electron chi connectivity index (χ3n) is 3.12. The van der Waals surface area contributed by atoms with Gasteiger partial charge in [-0.15, -0.1) is 0 Å². The Morgan fingerprint density at radius 3 is 2.46 bits per heavy atom. The molecule has 0 aromatic heterocycles. The number of ether oxygens (including phenoxy) is 2. The van der Waals surface area contributed by atoms with Gasteiger partial charge in [0.05, 0.1) is 24.7 Å². The fourth-order valence-corrected chi connectivity index (χ4v) is 1.98. The molecule has 128 valence electrons. The quantitative estimate of drug-likeness (QED) is 0.522. The van der Waals surface area contributed by atoms with Crippen molar-refractivity contribution in [3.05, 3.63) is 59.2 Å². The van der Waals surface area contributed by atoms with Crippen molar-refractivity contribution in [2.75, 3.05) is 7.11 Å². The smallest absolute Gasteiger partial charge is 0.338 e. The van der Waals surface area contributed by atoms with Crippen LogP contribution in [0.2, 0.25) is 0 Å². The van der Waals surface area contributed by atoms with E-state index in [0.29, 0.717) is 11.1 Å². The van der Waals surface area contributed by atoms with Gasteiger partial charge in [-0.25, -0.2) is 9.63 Å². The average Bonchev–Trinajstić information content (AvgIpc) is 2.58. The van der Waals surface area contributed by atoms with E-state index in [-0.39, 0.29) is 35.7 Å². The molecule has 0 amide bonds. The number of phenols is 1. The van der Waals surface area contributed by atoms with Crippen molar-refractivity contribution in [2.24, 2.45) is 0 Å². The molecular weight excluding hydrogens is 318 g/mol. The maximum atomic E-state index is 12.0. The summed E-state index contributed by atoms with van der Waals surface area (Å²) in [7, 11) is 1.39. The van der Waals surface area contributed by atoms with Crippen LogP contribution in [-0.4, -0.2) is 34.0 Å². The number of esters is 1. The number of benzene rings is 2. The zero-order valence-corrected chi connectivity index (χ0v) is 12.9.